The third-order valence-corrected chi connectivity index (χ3v) is 2.86. The Hall–Kier alpha value is -1.61. The molecule has 2 aromatic rings. The summed E-state index contributed by atoms with van der Waals surface area (Å²) >= 11 is 0. The van der Waals surface area contributed by atoms with Crippen molar-refractivity contribution in [1.29, 1.82) is 0 Å². The maximum Gasteiger partial charge on any atom is 0.208 e. The van der Waals surface area contributed by atoms with Crippen LogP contribution < -0.4 is 5.32 Å². The highest BCUT2D eigenvalue weighted by Crippen LogP contribution is 2.21. The van der Waals surface area contributed by atoms with Crippen molar-refractivity contribution >= 4 is 0 Å². The molecule has 96 valence electrons. The summed E-state index contributed by atoms with van der Waals surface area (Å²) < 4.78 is 5.72. The molecule has 0 aliphatic carbocycles. The van der Waals surface area contributed by atoms with E-state index in [4.69, 9.17) is 4.42 Å². The molecule has 1 aromatic carbocycles. The lowest BCUT2D eigenvalue weighted by molar-refractivity contribution is 0.459. The number of benzene rings is 1. The summed E-state index contributed by atoms with van der Waals surface area (Å²) in [5.74, 6) is 1.57. The molecule has 0 radical (unpaired) electrons. The number of oxazole rings is 1. The summed E-state index contributed by atoms with van der Waals surface area (Å²) in [6.45, 7) is 7.03. The van der Waals surface area contributed by atoms with E-state index in [9.17, 15) is 0 Å². The van der Waals surface area contributed by atoms with Crippen molar-refractivity contribution in [2.75, 3.05) is 0 Å². The Morgan fingerprint density at radius 1 is 1.22 bits per heavy atom. The van der Waals surface area contributed by atoms with E-state index >= 15 is 0 Å². The summed E-state index contributed by atoms with van der Waals surface area (Å²) in [5, 5.41) is 3.29. The number of hydrogen-bond donors (Lipinski definition) is 1. The fourth-order valence-corrected chi connectivity index (χ4v) is 1.72. The number of rotatable bonds is 5. The standard InChI is InChI=1S/C15H20N2O/c1-4-12-5-7-13(8-6-12)14-9-17-15(18-14)10-16-11(2)3/h5-9,11,16H,4,10H2,1-3H3. The van der Waals surface area contributed by atoms with Gasteiger partial charge < -0.3 is 9.73 Å². The molecule has 1 N–H and O–H groups in total. The van der Waals surface area contributed by atoms with E-state index in [1.165, 1.54) is 5.56 Å². The lowest BCUT2D eigenvalue weighted by Gasteiger charge is -2.04. The van der Waals surface area contributed by atoms with Crippen molar-refractivity contribution in [3.8, 4) is 11.3 Å². The summed E-state index contributed by atoms with van der Waals surface area (Å²) in [5.41, 5.74) is 2.41. The van der Waals surface area contributed by atoms with Gasteiger partial charge in [0.15, 0.2) is 5.76 Å². The minimum Gasteiger partial charge on any atom is -0.439 e. The third kappa shape index (κ3) is 3.20. The lowest BCUT2D eigenvalue weighted by Crippen LogP contribution is -2.21. The van der Waals surface area contributed by atoms with Gasteiger partial charge >= 0.3 is 0 Å². The molecule has 0 amide bonds. The van der Waals surface area contributed by atoms with Crippen molar-refractivity contribution < 1.29 is 4.42 Å². The van der Waals surface area contributed by atoms with Crippen LogP contribution in [-0.2, 0) is 13.0 Å². The number of nitrogens with zero attached hydrogens (tertiary/aromatic N) is 1. The Morgan fingerprint density at radius 3 is 2.56 bits per heavy atom. The highest BCUT2D eigenvalue weighted by Gasteiger charge is 2.06. The fraction of sp³-hybridized carbons (Fsp3) is 0.400. The molecule has 0 spiro atoms. The van der Waals surface area contributed by atoms with Gasteiger partial charge in [0.1, 0.15) is 0 Å². The van der Waals surface area contributed by atoms with Crippen molar-refractivity contribution in [2.24, 2.45) is 0 Å². The second-order valence-electron chi connectivity index (χ2n) is 4.70. The van der Waals surface area contributed by atoms with Crippen molar-refractivity contribution in [1.82, 2.24) is 10.3 Å². The topological polar surface area (TPSA) is 38.1 Å². The first kappa shape index (κ1) is 12.8. The van der Waals surface area contributed by atoms with Gasteiger partial charge in [0, 0.05) is 11.6 Å². The SMILES string of the molecule is CCc1ccc(-c2cnc(CNC(C)C)o2)cc1. The zero-order valence-electron chi connectivity index (χ0n) is 11.2. The molecule has 3 nitrogen and oxygen atoms in total. The van der Waals surface area contributed by atoms with Gasteiger partial charge in [0.05, 0.1) is 12.7 Å². The lowest BCUT2D eigenvalue weighted by atomic mass is 10.1. The first-order valence-corrected chi connectivity index (χ1v) is 6.46. The second-order valence-corrected chi connectivity index (χ2v) is 4.70. The Kier molecular flexibility index (Phi) is 4.15. The molecule has 0 aliphatic heterocycles. The van der Waals surface area contributed by atoms with E-state index in [1.54, 1.807) is 6.20 Å². The predicted octanol–water partition coefficient (Wildman–Crippen LogP) is 3.40. The van der Waals surface area contributed by atoms with Gasteiger partial charge in [-0.2, -0.15) is 0 Å². The van der Waals surface area contributed by atoms with Gasteiger partial charge in [-0.05, 0) is 12.0 Å². The first-order chi connectivity index (χ1) is 8.69. The highest BCUT2D eigenvalue weighted by atomic mass is 16.4. The Bertz CT molecular complexity index is 485. The van der Waals surface area contributed by atoms with E-state index in [0.717, 1.165) is 23.6 Å². The van der Waals surface area contributed by atoms with Crippen LogP contribution in [0, 0.1) is 0 Å². The van der Waals surface area contributed by atoms with Crippen molar-refractivity contribution in [3.63, 3.8) is 0 Å². The zero-order valence-corrected chi connectivity index (χ0v) is 11.2. The molecule has 2 rings (SSSR count). The average molecular weight is 244 g/mol. The number of hydrogen-bond acceptors (Lipinski definition) is 3. The molecule has 0 unspecified atom stereocenters. The molecule has 3 heteroatoms. The van der Waals surface area contributed by atoms with E-state index in [2.05, 4.69) is 55.3 Å². The van der Waals surface area contributed by atoms with Crippen LogP contribution in [0.25, 0.3) is 11.3 Å². The van der Waals surface area contributed by atoms with Gasteiger partial charge in [-0.3, -0.25) is 0 Å². The summed E-state index contributed by atoms with van der Waals surface area (Å²) in [6, 6.07) is 8.86. The monoisotopic (exact) mass is 244 g/mol. The van der Waals surface area contributed by atoms with E-state index in [1.807, 2.05) is 0 Å². The van der Waals surface area contributed by atoms with Gasteiger partial charge in [-0.15, -0.1) is 0 Å². The first-order valence-electron chi connectivity index (χ1n) is 6.46. The molecule has 0 saturated carbocycles. The Morgan fingerprint density at radius 2 is 1.94 bits per heavy atom. The summed E-state index contributed by atoms with van der Waals surface area (Å²) in [6.07, 6.45) is 2.85. The molecule has 0 aliphatic rings. The molecule has 1 heterocycles. The van der Waals surface area contributed by atoms with E-state index in [-0.39, 0.29) is 0 Å². The summed E-state index contributed by atoms with van der Waals surface area (Å²) in [7, 11) is 0. The molecule has 0 saturated heterocycles. The summed E-state index contributed by atoms with van der Waals surface area (Å²) in [4.78, 5) is 4.28. The fourth-order valence-electron chi connectivity index (χ4n) is 1.72. The van der Waals surface area contributed by atoms with Crippen LogP contribution in [0.15, 0.2) is 34.9 Å². The minimum atomic E-state index is 0.434. The third-order valence-electron chi connectivity index (χ3n) is 2.86. The molecule has 18 heavy (non-hydrogen) atoms. The molecule has 0 atom stereocenters. The number of nitrogens with one attached hydrogen (secondary N) is 1. The number of aromatic nitrogens is 1. The normalized spacial score (nSPS) is 11.1. The van der Waals surface area contributed by atoms with Crippen LogP contribution in [0.2, 0.25) is 0 Å². The number of aryl methyl sites for hydroxylation is 1. The van der Waals surface area contributed by atoms with Crippen molar-refractivity contribution in [3.05, 3.63) is 41.9 Å². The molecule has 0 fully saturated rings. The average Bonchev–Trinajstić information content (AvgIpc) is 2.85. The van der Waals surface area contributed by atoms with Gasteiger partial charge in [0.2, 0.25) is 5.89 Å². The maximum absolute atomic E-state index is 5.72. The van der Waals surface area contributed by atoms with Crippen LogP contribution in [0.3, 0.4) is 0 Å². The second kappa shape index (κ2) is 5.83. The zero-order chi connectivity index (χ0) is 13.0. The van der Waals surface area contributed by atoms with Crippen molar-refractivity contribution in [2.45, 2.75) is 39.8 Å². The van der Waals surface area contributed by atoms with E-state index in [0.29, 0.717) is 12.6 Å². The minimum absolute atomic E-state index is 0.434. The largest absolute Gasteiger partial charge is 0.439 e. The van der Waals surface area contributed by atoms with Gasteiger partial charge in [0.25, 0.3) is 0 Å². The van der Waals surface area contributed by atoms with Crippen LogP contribution in [0.4, 0.5) is 0 Å². The van der Waals surface area contributed by atoms with Gasteiger partial charge in [-0.25, -0.2) is 4.98 Å². The van der Waals surface area contributed by atoms with Crippen LogP contribution in [-0.4, -0.2) is 11.0 Å². The highest BCUT2D eigenvalue weighted by molar-refractivity contribution is 5.56. The maximum atomic E-state index is 5.72. The van der Waals surface area contributed by atoms with Crippen LogP contribution in [0.1, 0.15) is 32.2 Å². The molecular formula is C15H20N2O. The molecule has 0 bridgehead atoms. The Labute approximate surface area is 108 Å². The Balaban J connectivity index is 2.08. The molecular weight excluding hydrogens is 224 g/mol. The van der Waals surface area contributed by atoms with Crippen LogP contribution in [0.5, 0.6) is 0 Å². The van der Waals surface area contributed by atoms with E-state index < -0.39 is 0 Å². The quantitative estimate of drug-likeness (QED) is 0.876. The predicted molar refractivity (Wildman–Crippen MR) is 73.3 cm³/mol. The van der Waals surface area contributed by atoms with Crippen LogP contribution >= 0.6 is 0 Å². The molecule has 1 aromatic heterocycles. The smallest absolute Gasteiger partial charge is 0.208 e. The van der Waals surface area contributed by atoms with Gasteiger partial charge in [-0.1, -0.05) is 45.0 Å².